The molecule has 0 aliphatic rings. The Morgan fingerprint density at radius 1 is 1.41 bits per heavy atom. The van der Waals surface area contributed by atoms with Crippen LogP contribution in [0.2, 0.25) is 5.28 Å². The summed E-state index contributed by atoms with van der Waals surface area (Å²) in [5.74, 6) is 0. The summed E-state index contributed by atoms with van der Waals surface area (Å²) in [6, 6.07) is 0. The van der Waals surface area contributed by atoms with E-state index in [-0.39, 0.29) is 5.28 Å². The van der Waals surface area contributed by atoms with E-state index in [0.717, 1.165) is 10.5 Å². The number of H-pyrrole nitrogens is 1. The van der Waals surface area contributed by atoms with E-state index < -0.39 is 0 Å². The van der Waals surface area contributed by atoms with Crippen molar-refractivity contribution in [2.75, 3.05) is 0 Å². The van der Waals surface area contributed by atoms with Crippen LogP contribution in [0.5, 0.6) is 0 Å². The highest BCUT2D eigenvalue weighted by Crippen LogP contribution is 2.29. The average molecular weight is 268 g/mol. The van der Waals surface area contributed by atoms with Crippen LogP contribution in [0.15, 0.2) is 22.7 Å². The van der Waals surface area contributed by atoms with Crippen molar-refractivity contribution in [2.45, 2.75) is 10.2 Å². The first-order valence-electron chi connectivity index (χ1n) is 4.62. The second-order valence-corrected chi connectivity index (χ2v) is 4.49. The van der Waals surface area contributed by atoms with Gasteiger partial charge < -0.3 is 0 Å². The second kappa shape index (κ2) is 3.97. The Hall–Kier alpha value is -1.67. The second-order valence-electron chi connectivity index (χ2n) is 3.20. The van der Waals surface area contributed by atoms with Crippen LogP contribution in [0.1, 0.15) is 0 Å². The summed E-state index contributed by atoms with van der Waals surface area (Å²) in [6.07, 6.45) is 3.14. The number of aromatic amines is 1. The maximum atomic E-state index is 5.83. The van der Waals surface area contributed by atoms with Crippen LogP contribution in [0.4, 0.5) is 0 Å². The van der Waals surface area contributed by atoms with Crippen LogP contribution in [0.25, 0.3) is 11.0 Å². The zero-order chi connectivity index (χ0) is 11.8. The highest BCUT2D eigenvalue weighted by Gasteiger charge is 2.12. The van der Waals surface area contributed by atoms with Crippen molar-refractivity contribution in [3.8, 4) is 0 Å². The van der Waals surface area contributed by atoms with E-state index in [1.165, 1.54) is 18.1 Å². The van der Waals surface area contributed by atoms with Gasteiger partial charge in [-0.3, -0.25) is 5.10 Å². The van der Waals surface area contributed by atoms with Crippen molar-refractivity contribution >= 4 is 34.4 Å². The molecule has 3 aromatic heterocycles. The predicted octanol–water partition coefficient (Wildman–Crippen LogP) is 1.29. The SMILES string of the molecule is Cn1ncnc1Sc1nc(Cl)nc2[nH]ncc12. The third-order valence-corrected chi connectivity index (χ3v) is 3.33. The van der Waals surface area contributed by atoms with E-state index >= 15 is 0 Å². The Kier molecular flexibility index (Phi) is 2.45. The molecule has 0 amide bonds. The summed E-state index contributed by atoms with van der Waals surface area (Å²) in [5, 5.41) is 13.1. The molecule has 0 aromatic carbocycles. The maximum Gasteiger partial charge on any atom is 0.225 e. The Morgan fingerprint density at radius 3 is 3.06 bits per heavy atom. The summed E-state index contributed by atoms with van der Waals surface area (Å²) in [6.45, 7) is 0. The van der Waals surface area contributed by atoms with Crippen LogP contribution in [0, 0.1) is 0 Å². The summed E-state index contributed by atoms with van der Waals surface area (Å²) in [4.78, 5) is 12.3. The fraction of sp³-hybridized carbons (Fsp3) is 0.125. The highest BCUT2D eigenvalue weighted by molar-refractivity contribution is 7.99. The molecular weight excluding hydrogens is 262 g/mol. The van der Waals surface area contributed by atoms with Gasteiger partial charge in [-0.15, -0.1) is 0 Å². The quantitative estimate of drug-likeness (QED) is 0.556. The van der Waals surface area contributed by atoms with Crippen molar-refractivity contribution in [3.05, 3.63) is 17.8 Å². The van der Waals surface area contributed by atoms with Crippen LogP contribution in [0.3, 0.4) is 0 Å². The van der Waals surface area contributed by atoms with Gasteiger partial charge in [-0.2, -0.15) is 15.2 Å². The van der Waals surface area contributed by atoms with Crippen molar-refractivity contribution in [1.82, 2.24) is 34.9 Å². The van der Waals surface area contributed by atoms with Gasteiger partial charge in [-0.05, 0) is 23.4 Å². The lowest BCUT2D eigenvalue weighted by Gasteiger charge is -2.01. The third kappa shape index (κ3) is 1.85. The van der Waals surface area contributed by atoms with Crippen LogP contribution < -0.4 is 0 Å². The fourth-order valence-electron chi connectivity index (χ4n) is 1.32. The maximum absolute atomic E-state index is 5.83. The molecule has 0 spiro atoms. The Labute approximate surface area is 105 Å². The van der Waals surface area contributed by atoms with E-state index in [1.807, 2.05) is 7.05 Å². The molecular formula is C8H6ClN7S. The van der Waals surface area contributed by atoms with Crippen molar-refractivity contribution in [2.24, 2.45) is 7.05 Å². The van der Waals surface area contributed by atoms with Gasteiger partial charge >= 0.3 is 0 Å². The van der Waals surface area contributed by atoms with Crippen molar-refractivity contribution in [3.63, 3.8) is 0 Å². The lowest BCUT2D eigenvalue weighted by Crippen LogP contribution is -1.94. The number of nitrogens with one attached hydrogen (secondary N) is 1. The molecule has 0 fully saturated rings. The highest BCUT2D eigenvalue weighted by atomic mass is 35.5. The van der Waals surface area contributed by atoms with Gasteiger partial charge in [0.2, 0.25) is 5.28 Å². The van der Waals surface area contributed by atoms with E-state index in [9.17, 15) is 0 Å². The van der Waals surface area contributed by atoms with Crippen LogP contribution in [-0.4, -0.2) is 34.9 Å². The lowest BCUT2D eigenvalue weighted by atomic mass is 10.4. The van der Waals surface area contributed by atoms with Gasteiger partial charge in [0, 0.05) is 7.05 Å². The molecule has 3 rings (SSSR count). The number of aromatic nitrogens is 7. The number of rotatable bonds is 2. The van der Waals surface area contributed by atoms with Crippen molar-refractivity contribution in [1.29, 1.82) is 0 Å². The number of hydrogen-bond donors (Lipinski definition) is 1. The summed E-state index contributed by atoms with van der Waals surface area (Å²) in [7, 11) is 1.81. The molecule has 0 radical (unpaired) electrons. The van der Waals surface area contributed by atoms with E-state index in [0.29, 0.717) is 10.7 Å². The monoisotopic (exact) mass is 267 g/mol. The van der Waals surface area contributed by atoms with Crippen LogP contribution in [-0.2, 0) is 7.05 Å². The molecule has 86 valence electrons. The molecule has 3 heterocycles. The Balaban J connectivity index is 2.11. The summed E-state index contributed by atoms with van der Waals surface area (Å²) in [5.41, 5.74) is 0.606. The van der Waals surface area contributed by atoms with Gasteiger partial charge in [0.1, 0.15) is 11.4 Å². The molecule has 9 heteroatoms. The first-order chi connectivity index (χ1) is 8.24. The average Bonchev–Trinajstić information content (AvgIpc) is 2.88. The molecule has 3 aromatic rings. The number of aryl methyl sites for hydroxylation is 1. The van der Waals surface area contributed by atoms with E-state index in [1.54, 1.807) is 10.9 Å². The Bertz CT molecular complexity index is 675. The van der Waals surface area contributed by atoms with E-state index in [4.69, 9.17) is 11.6 Å². The number of nitrogens with zero attached hydrogens (tertiary/aromatic N) is 6. The fourth-order valence-corrected chi connectivity index (χ4v) is 2.39. The molecule has 1 N–H and O–H groups in total. The molecule has 7 nitrogen and oxygen atoms in total. The van der Waals surface area contributed by atoms with Crippen LogP contribution >= 0.6 is 23.4 Å². The first kappa shape index (κ1) is 10.5. The Morgan fingerprint density at radius 2 is 2.29 bits per heavy atom. The summed E-state index contributed by atoms with van der Waals surface area (Å²) >= 11 is 7.20. The van der Waals surface area contributed by atoms with Gasteiger partial charge in [0.25, 0.3) is 0 Å². The number of fused-ring (bicyclic) bond motifs is 1. The topological polar surface area (TPSA) is 85.2 Å². The van der Waals surface area contributed by atoms with Gasteiger partial charge in [-0.1, -0.05) is 0 Å². The minimum absolute atomic E-state index is 0.173. The minimum Gasteiger partial charge on any atom is -0.261 e. The number of hydrogen-bond acceptors (Lipinski definition) is 6. The molecule has 0 unspecified atom stereocenters. The molecule has 0 saturated heterocycles. The zero-order valence-corrected chi connectivity index (χ0v) is 10.2. The standard InChI is InChI=1S/C8H6ClN7S/c1-16-8(10-3-12-16)17-6-4-2-11-15-5(4)13-7(9)14-6/h2-3H,1H3,(H,11,13,14,15). The smallest absolute Gasteiger partial charge is 0.225 e. The summed E-state index contributed by atoms with van der Waals surface area (Å²) < 4.78 is 1.66. The molecule has 17 heavy (non-hydrogen) atoms. The normalized spacial score (nSPS) is 11.2. The zero-order valence-electron chi connectivity index (χ0n) is 8.62. The van der Waals surface area contributed by atoms with Gasteiger partial charge in [-0.25, -0.2) is 14.6 Å². The molecule has 0 bridgehead atoms. The lowest BCUT2D eigenvalue weighted by molar-refractivity contribution is 0.685. The minimum atomic E-state index is 0.173. The largest absolute Gasteiger partial charge is 0.261 e. The molecule has 0 aliphatic heterocycles. The van der Waals surface area contributed by atoms with Gasteiger partial charge in [0.15, 0.2) is 10.8 Å². The van der Waals surface area contributed by atoms with Gasteiger partial charge in [0.05, 0.1) is 11.6 Å². The first-order valence-corrected chi connectivity index (χ1v) is 5.82. The number of halogens is 1. The molecule has 0 aliphatic carbocycles. The molecule has 0 saturated carbocycles. The third-order valence-electron chi connectivity index (χ3n) is 2.11. The predicted molar refractivity (Wildman–Crippen MR) is 61.8 cm³/mol. The van der Waals surface area contributed by atoms with Crippen molar-refractivity contribution < 1.29 is 0 Å². The van der Waals surface area contributed by atoms with E-state index in [2.05, 4.69) is 30.2 Å². The molecule has 0 atom stereocenters.